The van der Waals surface area contributed by atoms with Crippen molar-refractivity contribution in [3.8, 4) is 0 Å². The van der Waals surface area contributed by atoms with Gasteiger partial charge in [0.1, 0.15) is 12.1 Å². The lowest BCUT2D eigenvalue weighted by molar-refractivity contribution is -0.166. The molecule has 2 bridgehead atoms. The SMILES string of the molecule is OC1C(NC2CCC2)C2COC(O2)C1n1cnc2ccccc21. The van der Waals surface area contributed by atoms with Gasteiger partial charge >= 0.3 is 0 Å². The molecule has 2 aliphatic heterocycles. The van der Waals surface area contributed by atoms with Crippen molar-refractivity contribution in [2.45, 2.75) is 55.9 Å². The van der Waals surface area contributed by atoms with Gasteiger partial charge in [-0.25, -0.2) is 4.98 Å². The Labute approximate surface area is 134 Å². The van der Waals surface area contributed by atoms with Crippen LogP contribution in [0.1, 0.15) is 25.3 Å². The van der Waals surface area contributed by atoms with Gasteiger partial charge in [0.2, 0.25) is 0 Å². The minimum absolute atomic E-state index is 0.0679. The molecule has 3 aliphatic rings. The number of rotatable bonds is 3. The van der Waals surface area contributed by atoms with E-state index in [0.29, 0.717) is 12.6 Å². The standard InChI is InChI=1S/C17H21N3O3/c21-16-14(19-10-4-3-5-10)13-8-22-17(23-13)15(16)20-9-18-11-6-1-2-7-12(11)20/h1-2,6-7,9-10,13-17,19,21H,3-5,8H2. The maximum absolute atomic E-state index is 11.0. The second-order valence-corrected chi connectivity index (χ2v) is 6.82. The van der Waals surface area contributed by atoms with Crippen LogP contribution in [0.5, 0.6) is 0 Å². The molecule has 2 saturated heterocycles. The number of aromatic nitrogens is 2. The van der Waals surface area contributed by atoms with Crippen LogP contribution >= 0.6 is 0 Å². The summed E-state index contributed by atoms with van der Waals surface area (Å²) in [5.74, 6) is 0. The van der Waals surface area contributed by atoms with Crippen molar-refractivity contribution < 1.29 is 14.6 Å². The summed E-state index contributed by atoms with van der Waals surface area (Å²) in [6, 6.07) is 8.07. The minimum Gasteiger partial charge on any atom is -0.389 e. The number of imidazole rings is 1. The van der Waals surface area contributed by atoms with E-state index < -0.39 is 12.4 Å². The van der Waals surface area contributed by atoms with Gasteiger partial charge in [0, 0.05) is 6.04 Å². The molecule has 3 fully saturated rings. The van der Waals surface area contributed by atoms with Gasteiger partial charge in [0.05, 0.1) is 36.1 Å². The fraction of sp³-hybridized carbons (Fsp3) is 0.588. The number of hydrogen-bond donors (Lipinski definition) is 2. The van der Waals surface area contributed by atoms with Gasteiger partial charge in [0.25, 0.3) is 0 Å². The third-order valence-corrected chi connectivity index (χ3v) is 5.47. The Morgan fingerprint density at radius 2 is 2.13 bits per heavy atom. The van der Waals surface area contributed by atoms with E-state index in [9.17, 15) is 5.11 Å². The monoisotopic (exact) mass is 315 g/mol. The summed E-state index contributed by atoms with van der Waals surface area (Å²) in [5.41, 5.74) is 1.92. The zero-order valence-corrected chi connectivity index (χ0v) is 12.8. The molecule has 1 aromatic heterocycles. The number of ether oxygens (including phenoxy) is 2. The Hall–Kier alpha value is -1.47. The largest absolute Gasteiger partial charge is 0.389 e. The van der Waals surface area contributed by atoms with Gasteiger partial charge in [-0.3, -0.25) is 0 Å². The molecule has 5 rings (SSSR count). The Morgan fingerprint density at radius 3 is 2.96 bits per heavy atom. The number of para-hydroxylation sites is 2. The van der Waals surface area contributed by atoms with Crippen molar-refractivity contribution in [2.75, 3.05) is 6.61 Å². The van der Waals surface area contributed by atoms with Gasteiger partial charge in [-0.05, 0) is 25.0 Å². The molecule has 5 unspecified atom stereocenters. The second-order valence-electron chi connectivity index (χ2n) is 6.82. The number of nitrogens with one attached hydrogen (secondary N) is 1. The molecule has 3 heterocycles. The maximum Gasteiger partial charge on any atom is 0.181 e. The molecular formula is C17H21N3O3. The Balaban J connectivity index is 1.50. The van der Waals surface area contributed by atoms with E-state index in [2.05, 4.69) is 10.3 Å². The number of hydrogen-bond acceptors (Lipinski definition) is 5. The fourth-order valence-electron chi connectivity index (χ4n) is 3.97. The third kappa shape index (κ3) is 2.13. The van der Waals surface area contributed by atoms with E-state index in [1.165, 1.54) is 19.3 Å². The van der Waals surface area contributed by atoms with Crippen LogP contribution < -0.4 is 5.32 Å². The zero-order valence-electron chi connectivity index (χ0n) is 12.8. The summed E-state index contributed by atoms with van der Waals surface area (Å²) in [6.07, 6.45) is 4.37. The summed E-state index contributed by atoms with van der Waals surface area (Å²) >= 11 is 0. The van der Waals surface area contributed by atoms with Crippen LogP contribution in [0.2, 0.25) is 0 Å². The topological polar surface area (TPSA) is 68.5 Å². The molecule has 0 amide bonds. The van der Waals surface area contributed by atoms with Gasteiger partial charge < -0.3 is 24.5 Å². The van der Waals surface area contributed by atoms with Crippen molar-refractivity contribution in [3.63, 3.8) is 0 Å². The Bertz CT molecular complexity index is 714. The predicted molar refractivity (Wildman–Crippen MR) is 84.0 cm³/mol. The lowest BCUT2D eigenvalue weighted by Crippen LogP contribution is -2.60. The number of aliphatic hydroxyl groups excluding tert-OH is 1. The van der Waals surface area contributed by atoms with Gasteiger partial charge in [-0.2, -0.15) is 0 Å². The zero-order chi connectivity index (χ0) is 15.4. The molecular weight excluding hydrogens is 294 g/mol. The van der Waals surface area contributed by atoms with Crippen LogP contribution in [0.3, 0.4) is 0 Å². The van der Waals surface area contributed by atoms with Crippen LogP contribution in [-0.2, 0) is 9.47 Å². The predicted octanol–water partition coefficient (Wildman–Crippen LogP) is 1.20. The molecule has 6 heteroatoms. The summed E-state index contributed by atoms with van der Waals surface area (Å²) in [7, 11) is 0. The fourth-order valence-corrected chi connectivity index (χ4v) is 3.97. The van der Waals surface area contributed by atoms with E-state index in [-0.39, 0.29) is 18.2 Å². The van der Waals surface area contributed by atoms with E-state index >= 15 is 0 Å². The van der Waals surface area contributed by atoms with Crippen molar-refractivity contribution in [1.29, 1.82) is 0 Å². The highest BCUT2D eigenvalue weighted by molar-refractivity contribution is 5.75. The van der Waals surface area contributed by atoms with Crippen molar-refractivity contribution in [1.82, 2.24) is 14.9 Å². The molecule has 6 nitrogen and oxygen atoms in total. The molecule has 2 N–H and O–H groups in total. The smallest absolute Gasteiger partial charge is 0.181 e. The first-order valence-corrected chi connectivity index (χ1v) is 8.44. The quantitative estimate of drug-likeness (QED) is 0.891. The van der Waals surface area contributed by atoms with Crippen LogP contribution in [0.4, 0.5) is 0 Å². The lowest BCUT2D eigenvalue weighted by atomic mass is 9.89. The number of fused-ring (bicyclic) bond motifs is 3. The highest BCUT2D eigenvalue weighted by Crippen LogP contribution is 2.38. The molecule has 1 aromatic carbocycles. The summed E-state index contributed by atoms with van der Waals surface area (Å²) in [4.78, 5) is 4.44. The van der Waals surface area contributed by atoms with E-state index in [4.69, 9.17) is 9.47 Å². The Morgan fingerprint density at radius 1 is 1.26 bits per heavy atom. The Kier molecular flexibility index (Phi) is 3.19. The van der Waals surface area contributed by atoms with Crippen LogP contribution in [0.25, 0.3) is 11.0 Å². The second kappa shape index (κ2) is 5.27. The van der Waals surface area contributed by atoms with E-state index in [1.54, 1.807) is 6.33 Å². The molecule has 1 aliphatic carbocycles. The van der Waals surface area contributed by atoms with Crippen molar-refractivity contribution in [3.05, 3.63) is 30.6 Å². The third-order valence-electron chi connectivity index (χ3n) is 5.47. The van der Waals surface area contributed by atoms with Crippen LogP contribution in [0.15, 0.2) is 30.6 Å². The molecule has 0 spiro atoms. The highest BCUT2D eigenvalue weighted by atomic mass is 16.7. The summed E-state index contributed by atoms with van der Waals surface area (Å²) in [5, 5.41) is 14.6. The first-order chi connectivity index (χ1) is 11.3. The highest BCUT2D eigenvalue weighted by Gasteiger charge is 2.51. The molecule has 23 heavy (non-hydrogen) atoms. The first kappa shape index (κ1) is 13.9. The van der Waals surface area contributed by atoms with E-state index in [1.807, 2.05) is 28.8 Å². The average molecular weight is 315 g/mol. The van der Waals surface area contributed by atoms with Gasteiger partial charge in [-0.1, -0.05) is 18.6 Å². The molecule has 1 saturated carbocycles. The molecule has 2 aromatic rings. The minimum atomic E-state index is -0.556. The summed E-state index contributed by atoms with van der Waals surface area (Å²) in [6.45, 7) is 0.537. The number of aliphatic hydroxyl groups is 1. The lowest BCUT2D eigenvalue weighted by Gasteiger charge is -2.42. The van der Waals surface area contributed by atoms with Crippen molar-refractivity contribution in [2.24, 2.45) is 0 Å². The molecule has 5 atom stereocenters. The van der Waals surface area contributed by atoms with Crippen LogP contribution in [-0.4, -0.2) is 51.8 Å². The first-order valence-electron chi connectivity index (χ1n) is 8.44. The average Bonchev–Trinajstić information content (AvgIpc) is 3.12. The van der Waals surface area contributed by atoms with Gasteiger partial charge in [0.15, 0.2) is 6.29 Å². The van der Waals surface area contributed by atoms with Crippen LogP contribution in [0, 0.1) is 0 Å². The maximum atomic E-state index is 11.0. The summed E-state index contributed by atoms with van der Waals surface area (Å²) < 4.78 is 13.9. The van der Waals surface area contributed by atoms with Gasteiger partial charge in [-0.15, -0.1) is 0 Å². The normalized spacial score (nSPS) is 37.2. The number of nitrogens with zero attached hydrogens (tertiary/aromatic N) is 2. The van der Waals surface area contributed by atoms with E-state index in [0.717, 1.165) is 11.0 Å². The molecule has 0 radical (unpaired) electrons. The molecule has 122 valence electrons. The van der Waals surface area contributed by atoms with Crippen molar-refractivity contribution >= 4 is 11.0 Å². The number of benzene rings is 1.